The van der Waals surface area contributed by atoms with Crippen LogP contribution in [0, 0.1) is 11.7 Å². The van der Waals surface area contributed by atoms with E-state index in [1.807, 2.05) is 38.2 Å². The number of thiocarbonyl (C=S) groups is 1. The van der Waals surface area contributed by atoms with Gasteiger partial charge in [0.2, 0.25) is 5.88 Å². The van der Waals surface area contributed by atoms with Crippen molar-refractivity contribution in [2.75, 3.05) is 46.3 Å². The summed E-state index contributed by atoms with van der Waals surface area (Å²) in [5.41, 5.74) is 1.39. The van der Waals surface area contributed by atoms with E-state index >= 15 is 0 Å². The van der Waals surface area contributed by atoms with Gasteiger partial charge in [-0.05, 0) is 43.5 Å². The molecule has 3 rings (SSSR count). The molecule has 160 valence electrons. The van der Waals surface area contributed by atoms with Gasteiger partial charge in [-0.1, -0.05) is 17.7 Å². The minimum Gasteiger partial charge on any atom is -0.494 e. The third kappa shape index (κ3) is 5.13. The zero-order valence-electron chi connectivity index (χ0n) is 17.1. The fourth-order valence-electron chi connectivity index (χ4n) is 3.28. The summed E-state index contributed by atoms with van der Waals surface area (Å²) in [5.74, 6) is -0.217. The van der Waals surface area contributed by atoms with Crippen molar-refractivity contribution in [2.45, 2.75) is 6.92 Å². The number of nitrogens with zero attached hydrogens (tertiary/aromatic N) is 4. The highest BCUT2D eigenvalue weighted by Gasteiger charge is 2.17. The molecule has 2 heterocycles. The predicted molar refractivity (Wildman–Crippen MR) is 126 cm³/mol. The highest BCUT2D eigenvalue weighted by molar-refractivity contribution is 7.80. The number of benzene rings is 1. The summed E-state index contributed by atoms with van der Waals surface area (Å²) < 4.78 is 1.57. The normalized spacial score (nSPS) is 14.9. The molecule has 1 aromatic heterocycles. The van der Waals surface area contributed by atoms with E-state index < -0.39 is 5.56 Å². The van der Waals surface area contributed by atoms with Crippen molar-refractivity contribution in [3.8, 4) is 11.6 Å². The average Bonchev–Trinajstić information content (AvgIpc) is 2.74. The maximum Gasteiger partial charge on any atom is 0.264 e. The summed E-state index contributed by atoms with van der Waals surface area (Å²) in [5, 5.41) is 14.5. The second-order valence-electron chi connectivity index (χ2n) is 7.09. The Hall–Kier alpha value is -2.56. The van der Waals surface area contributed by atoms with Gasteiger partial charge in [-0.25, -0.2) is 0 Å². The highest BCUT2D eigenvalue weighted by atomic mass is 32.1. The molecule has 0 aliphatic carbocycles. The molecule has 10 heteroatoms. The topological polar surface area (TPSA) is 88.9 Å². The molecular formula is C20H26N6O2S2. The van der Waals surface area contributed by atoms with Crippen LogP contribution < -0.4 is 10.9 Å². The molecule has 0 saturated carbocycles. The summed E-state index contributed by atoms with van der Waals surface area (Å²) >= 11 is 10.5. The van der Waals surface area contributed by atoms with E-state index in [0.29, 0.717) is 12.2 Å². The van der Waals surface area contributed by atoms with E-state index in [0.717, 1.165) is 43.4 Å². The molecule has 3 N–H and O–H groups in total. The van der Waals surface area contributed by atoms with E-state index in [2.05, 4.69) is 25.1 Å². The molecule has 2 aromatic rings. The van der Waals surface area contributed by atoms with Crippen LogP contribution in [0.5, 0.6) is 5.88 Å². The Labute approximate surface area is 185 Å². The van der Waals surface area contributed by atoms with Gasteiger partial charge in [0.1, 0.15) is 5.56 Å². The Kier molecular flexibility index (Phi) is 7.35. The lowest BCUT2D eigenvalue weighted by Gasteiger charge is -2.35. The first-order valence-electron chi connectivity index (χ1n) is 9.75. The van der Waals surface area contributed by atoms with E-state index in [-0.39, 0.29) is 16.2 Å². The molecule has 0 amide bonds. The monoisotopic (exact) mass is 446 g/mol. The lowest BCUT2D eigenvalue weighted by Crippen LogP contribution is -2.51. The van der Waals surface area contributed by atoms with Crippen molar-refractivity contribution in [1.82, 2.24) is 24.7 Å². The van der Waals surface area contributed by atoms with Crippen molar-refractivity contribution < 1.29 is 5.11 Å². The van der Waals surface area contributed by atoms with Gasteiger partial charge in [0.05, 0.1) is 12.2 Å². The van der Waals surface area contributed by atoms with E-state index in [1.54, 1.807) is 0 Å². The fraction of sp³-hybridized carbons (Fsp3) is 0.400. The smallest absolute Gasteiger partial charge is 0.264 e. The van der Waals surface area contributed by atoms with Crippen LogP contribution in [0.1, 0.15) is 11.1 Å². The fourth-order valence-corrected chi connectivity index (χ4v) is 3.74. The first-order chi connectivity index (χ1) is 14.4. The van der Waals surface area contributed by atoms with Crippen LogP contribution in [0.25, 0.3) is 5.69 Å². The maximum atomic E-state index is 12.3. The molecule has 30 heavy (non-hydrogen) atoms. The van der Waals surface area contributed by atoms with Crippen molar-refractivity contribution >= 4 is 35.8 Å². The van der Waals surface area contributed by atoms with E-state index in [1.165, 1.54) is 10.8 Å². The first-order valence-corrected chi connectivity index (χ1v) is 10.6. The second kappa shape index (κ2) is 9.96. The third-order valence-electron chi connectivity index (χ3n) is 5.05. The number of aromatic amines is 1. The summed E-state index contributed by atoms with van der Waals surface area (Å²) in [6, 6.07) is 7.50. The maximum absolute atomic E-state index is 12.3. The molecule has 0 bridgehead atoms. The number of aliphatic imine (C=N–C) groups is 1. The van der Waals surface area contributed by atoms with Gasteiger partial charge in [-0.3, -0.25) is 24.2 Å². The molecule has 1 fully saturated rings. The number of aromatic nitrogens is 2. The standard InChI is InChI=1S/C20H26N6O2S2/c1-14-3-5-15(6-4-14)26-18(28)16(17(27)23-20(26)30)13-22-7-8-24-9-11-25(12-10-24)19(29)21-2/h3-6,13,28H,7-12H2,1-2H3,(H,21,29)(H,23,27,30). The predicted octanol–water partition coefficient (Wildman–Crippen LogP) is 1.45. The Balaban J connectivity index is 1.67. The van der Waals surface area contributed by atoms with Crippen molar-refractivity contribution in [3.05, 3.63) is 50.5 Å². The van der Waals surface area contributed by atoms with Crippen LogP contribution in [0.3, 0.4) is 0 Å². The molecule has 0 radical (unpaired) electrons. The Morgan fingerprint density at radius 1 is 1.27 bits per heavy atom. The zero-order valence-corrected chi connectivity index (χ0v) is 18.7. The number of aromatic hydroxyl groups is 1. The van der Waals surface area contributed by atoms with Gasteiger partial charge >= 0.3 is 0 Å². The number of aryl methyl sites for hydroxylation is 1. The SMILES string of the molecule is CNC(=S)N1CCN(CCN=Cc2c(O)n(-c3ccc(C)cc3)c(=S)[nH]c2=O)CC1. The Morgan fingerprint density at radius 2 is 1.93 bits per heavy atom. The molecule has 0 spiro atoms. The Bertz CT molecular complexity index is 1040. The molecular weight excluding hydrogens is 420 g/mol. The largest absolute Gasteiger partial charge is 0.494 e. The number of nitrogens with one attached hydrogen (secondary N) is 2. The van der Waals surface area contributed by atoms with Crippen molar-refractivity contribution in [3.63, 3.8) is 0 Å². The summed E-state index contributed by atoms with van der Waals surface area (Å²) in [6.07, 6.45) is 1.42. The minimum atomic E-state index is -0.459. The van der Waals surface area contributed by atoms with E-state index in [4.69, 9.17) is 24.4 Å². The zero-order chi connectivity index (χ0) is 21.7. The van der Waals surface area contributed by atoms with Gasteiger partial charge in [0.25, 0.3) is 5.56 Å². The molecule has 0 unspecified atom stereocenters. The number of hydrogen-bond acceptors (Lipinski definition) is 6. The summed E-state index contributed by atoms with van der Waals surface area (Å²) in [7, 11) is 1.83. The number of piperazine rings is 1. The van der Waals surface area contributed by atoms with Crippen LogP contribution in [0.4, 0.5) is 0 Å². The van der Waals surface area contributed by atoms with Crippen LogP contribution in [-0.4, -0.2) is 82.1 Å². The van der Waals surface area contributed by atoms with Crippen molar-refractivity contribution in [1.29, 1.82) is 0 Å². The number of hydrogen-bond donors (Lipinski definition) is 3. The van der Waals surface area contributed by atoms with Gasteiger partial charge in [0, 0.05) is 46.0 Å². The number of rotatable bonds is 5. The molecule has 1 aliphatic heterocycles. The molecule has 1 saturated heterocycles. The number of H-pyrrole nitrogens is 1. The summed E-state index contributed by atoms with van der Waals surface area (Å²) in [6.45, 7) is 6.83. The minimum absolute atomic E-state index is 0.0911. The Morgan fingerprint density at radius 3 is 2.57 bits per heavy atom. The highest BCUT2D eigenvalue weighted by Crippen LogP contribution is 2.19. The van der Waals surface area contributed by atoms with Gasteiger partial charge in [-0.2, -0.15) is 0 Å². The van der Waals surface area contributed by atoms with E-state index in [9.17, 15) is 9.90 Å². The van der Waals surface area contributed by atoms with Crippen LogP contribution in [0.15, 0.2) is 34.1 Å². The van der Waals surface area contributed by atoms with Gasteiger partial charge < -0.3 is 15.3 Å². The third-order valence-corrected chi connectivity index (χ3v) is 5.80. The van der Waals surface area contributed by atoms with Gasteiger partial charge in [-0.15, -0.1) is 0 Å². The van der Waals surface area contributed by atoms with Crippen LogP contribution in [-0.2, 0) is 0 Å². The quantitative estimate of drug-likeness (QED) is 0.473. The molecule has 1 aromatic carbocycles. The lowest BCUT2D eigenvalue weighted by atomic mass is 10.2. The molecule has 1 aliphatic rings. The second-order valence-corrected chi connectivity index (χ2v) is 7.86. The van der Waals surface area contributed by atoms with Crippen LogP contribution in [0.2, 0.25) is 0 Å². The van der Waals surface area contributed by atoms with Crippen LogP contribution >= 0.6 is 24.4 Å². The molecule has 0 atom stereocenters. The van der Waals surface area contributed by atoms with Gasteiger partial charge in [0.15, 0.2) is 9.88 Å². The summed E-state index contributed by atoms with van der Waals surface area (Å²) in [4.78, 5) is 23.7. The average molecular weight is 447 g/mol. The first kappa shape index (κ1) is 22.1. The molecule has 8 nitrogen and oxygen atoms in total. The van der Waals surface area contributed by atoms with Crippen molar-refractivity contribution in [2.24, 2.45) is 4.99 Å². The lowest BCUT2D eigenvalue weighted by molar-refractivity contribution is 0.186.